The summed E-state index contributed by atoms with van der Waals surface area (Å²) in [6.45, 7) is -0.0170. The zero-order chi connectivity index (χ0) is 15.8. The van der Waals surface area contributed by atoms with Crippen LogP contribution in [0.1, 0.15) is 11.1 Å². The number of carbonyl (C=O) groups is 1. The second-order valence-electron chi connectivity index (χ2n) is 5.20. The fraction of sp³-hybridized carbons (Fsp3) is 0.0588. The molecule has 0 aliphatic carbocycles. The first kappa shape index (κ1) is 13.9. The van der Waals surface area contributed by atoms with E-state index < -0.39 is 0 Å². The number of thiazole rings is 1. The van der Waals surface area contributed by atoms with Gasteiger partial charge in [-0.15, -0.1) is 11.3 Å². The van der Waals surface area contributed by atoms with Gasteiger partial charge in [0.1, 0.15) is 0 Å². The molecule has 1 amide bonds. The lowest BCUT2D eigenvalue weighted by atomic mass is 10.1. The number of carbonyl (C=O) groups excluding carboxylic acids is 1. The molecule has 0 radical (unpaired) electrons. The van der Waals surface area contributed by atoms with Gasteiger partial charge < -0.3 is 15.7 Å². The Morgan fingerprint density at radius 2 is 2.22 bits per heavy atom. The van der Waals surface area contributed by atoms with Crippen molar-refractivity contribution in [2.45, 2.75) is 6.61 Å². The van der Waals surface area contributed by atoms with Gasteiger partial charge in [0.15, 0.2) is 0 Å². The SMILES string of the molecule is O=C1Nc2ccc3ncsc3c2/C1=C/Nc1cccc(CO)c1. The van der Waals surface area contributed by atoms with Crippen LogP contribution in [-0.4, -0.2) is 16.0 Å². The van der Waals surface area contributed by atoms with Gasteiger partial charge in [-0.3, -0.25) is 4.79 Å². The van der Waals surface area contributed by atoms with Crippen LogP contribution in [0.15, 0.2) is 48.1 Å². The maximum atomic E-state index is 12.3. The Morgan fingerprint density at radius 1 is 1.30 bits per heavy atom. The van der Waals surface area contributed by atoms with Crippen molar-refractivity contribution in [2.75, 3.05) is 10.6 Å². The smallest absolute Gasteiger partial charge is 0.257 e. The first-order valence-electron chi connectivity index (χ1n) is 7.10. The molecule has 0 spiro atoms. The molecular formula is C17H13N3O2S. The van der Waals surface area contributed by atoms with Crippen molar-refractivity contribution in [3.63, 3.8) is 0 Å². The van der Waals surface area contributed by atoms with E-state index in [1.807, 2.05) is 36.4 Å². The first-order valence-corrected chi connectivity index (χ1v) is 7.98. The number of amides is 1. The number of nitrogens with one attached hydrogen (secondary N) is 2. The van der Waals surface area contributed by atoms with Crippen molar-refractivity contribution in [1.29, 1.82) is 0 Å². The summed E-state index contributed by atoms with van der Waals surface area (Å²) in [7, 11) is 0. The third kappa shape index (κ3) is 2.38. The molecule has 1 aliphatic rings. The number of aromatic nitrogens is 1. The minimum atomic E-state index is -0.133. The number of aliphatic hydroxyl groups excluding tert-OH is 1. The van der Waals surface area contributed by atoms with E-state index in [2.05, 4.69) is 15.6 Å². The van der Waals surface area contributed by atoms with Crippen LogP contribution >= 0.6 is 11.3 Å². The van der Waals surface area contributed by atoms with Crippen LogP contribution in [0.25, 0.3) is 15.8 Å². The molecule has 5 nitrogen and oxygen atoms in total. The predicted octanol–water partition coefficient (Wildman–Crippen LogP) is 3.19. The Bertz CT molecular complexity index is 946. The number of fused-ring (bicyclic) bond motifs is 3. The van der Waals surface area contributed by atoms with E-state index in [1.54, 1.807) is 11.7 Å². The molecule has 0 fully saturated rings. The lowest BCUT2D eigenvalue weighted by molar-refractivity contribution is -0.110. The molecule has 3 N–H and O–H groups in total. The van der Waals surface area contributed by atoms with E-state index in [1.165, 1.54) is 11.3 Å². The molecule has 0 unspecified atom stereocenters. The maximum Gasteiger partial charge on any atom is 0.257 e. The molecule has 6 heteroatoms. The molecular weight excluding hydrogens is 310 g/mol. The standard InChI is InChI=1S/C17H13N3O2S/c21-8-10-2-1-3-11(6-10)18-7-12-15-13(20-17(12)22)4-5-14-16(15)23-9-19-14/h1-7,9,18,21H,8H2,(H,20,22)/b12-7-. The van der Waals surface area contributed by atoms with E-state index in [9.17, 15) is 9.90 Å². The van der Waals surface area contributed by atoms with Crippen molar-refractivity contribution in [3.05, 3.63) is 59.2 Å². The summed E-state index contributed by atoms with van der Waals surface area (Å²) in [5.74, 6) is -0.133. The number of benzene rings is 2. The molecule has 2 heterocycles. The molecule has 0 saturated carbocycles. The van der Waals surface area contributed by atoms with Crippen LogP contribution in [-0.2, 0) is 11.4 Å². The van der Waals surface area contributed by atoms with Gasteiger partial charge in [-0.2, -0.15) is 0 Å². The fourth-order valence-electron chi connectivity index (χ4n) is 2.66. The molecule has 2 aromatic carbocycles. The lowest BCUT2D eigenvalue weighted by Gasteiger charge is -2.05. The Labute approximate surface area is 136 Å². The highest BCUT2D eigenvalue weighted by Crippen LogP contribution is 2.39. The summed E-state index contributed by atoms with van der Waals surface area (Å²) in [4.78, 5) is 16.6. The van der Waals surface area contributed by atoms with Gasteiger partial charge in [-0.1, -0.05) is 12.1 Å². The molecule has 0 bridgehead atoms. The van der Waals surface area contributed by atoms with Gasteiger partial charge in [-0.05, 0) is 29.8 Å². The molecule has 0 atom stereocenters. The summed E-state index contributed by atoms with van der Waals surface area (Å²) < 4.78 is 0.998. The highest BCUT2D eigenvalue weighted by Gasteiger charge is 2.27. The molecule has 4 rings (SSSR count). The van der Waals surface area contributed by atoms with E-state index in [0.717, 1.165) is 32.7 Å². The van der Waals surface area contributed by atoms with Gasteiger partial charge in [0.25, 0.3) is 5.91 Å². The average Bonchev–Trinajstić information content (AvgIpc) is 3.16. The molecule has 1 aromatic heterocycles. The second-order valence-corrected chi connectivity index (χ2v) is 6.06. The highest BCUT2D eigenvalue weighted by atomic mass is 32.1. The van der Waals surface area contributed by atoms with Crippen LogP contribution in [0.4, 0.5) is 11.4 Å². The number of nitrogens with zero attached hydrogens (tertiary/aromatic N) is 1. The minimum absolute atomic E-state index is 0.0170. The fourth-order valence-corrected chi connectivity index (χ4v) is 3.51. The van der Waals surface area contributed by atoms with Crippen molar-refractivity contribution in [3.8, 4) is 0 Å². The second kappa shape index (κ2) is 5.49. The average molecular weight is 323 g/mol. The van der Waals surface area contributed by atoms with Crippen molar-refractivity contribution >= 4 is 44.4 Å². The quantitative estimate of drug-likeness (QED) is 0.647. The van der Waals surface area contributed by atoms with Gasteiger partial charge in [0.2, 0.25) is 0 Å². The number of rotatable bonds is 3. The van der Waals surface area contributed by atoms with Gasteiger partial charge in [0.05, 0.1) is 33.6 Å². The first-order chi connectivity index (χ1) is 11.3. The van der Waals surface area contributed by atoms with Crippen LogP contribution in [0.3, 0.4) is 0 Å². The summed E-state index contributed by atoms with van der Waals surface area (Å²) in [5, 5.41) is 15.2. The molecule has 1 aliphatic heterocycles. The van der Waals surface area contributed by atoms with Gasteiger partial charge >= 0.3 is 0 Å². The van der Waals surface area contributed by atoms with Gasteiger partial charge in [0, 0.05) is 17.5 Å². The summed E-state index contributed by atoms with van der Waals surface area (Å²) in [6, 6.07) is 11.2. The number of hydrogen-bond acceptors (Lipinski definition) is 5. The zero-order valence-corrected chi connectivity index (χ0v) is 12.9. The number of hydrogen-bond donors (Lipinski definition) is 3. The van der Waals surface area contributed by atoms with Gasteiger partial charge in [-0.25, -0.2) is 4.98 Å². The third-order valence-corrected chi connectivity index (χ3v) is 4.61. The molecule has 0 saturated heterocycles. The van der Waals surface area contributed by atoms with Crippen molar-refractivity contribution in [2.24, 2.45) is 0 Å². The number of aliphatic hydroxyl groups is 1. The molecule has 3 aromatic rings. The lowest BCUT2D eigenvalue weighted by Crippen LogP contribution is -2.05. The predicted molar refractivity (Wildman–Crippen MR) is 92.2 cm³/mol. The van der Waals surface area contributed by atoms with E-state index in [-0.39, 0.29) is 12.5 Å². The van der Waals surface area contributed by atoms with Crippen LogP contribution in [0.2, 0.25) is 0 Å². The van der Waals surface area contributed by atoms with Crippen LogP contribution in [0, 0.1) is 0 Å². The van der Waals surface area contributed by atoms with E-state index >= 15 is 0 Å². The summed E-state index contributed by atoms with van der Waals surface area (Å²) in [6.07, 6.45) is 1.71. The topological polar surface area (TPSA) is 74.2 Å². The van der Waals surface area contributed by atoms with Crippen LogP contribution < -0.4 is 10.6 Å². The van der Waals surface area contributed by atoms with Crippen molar-refractivity contribution < 1.29 is 9.90 Å². The van der Waals surface area contributed by atoms with E-state index in [4.69, 9.17) is 0 Å². The van der Waals surface area contributed by atoms with Crippen molar-refractivity contribution in [1.82, 2.24) is 4.98 Å². The Morgan fingerprint density at radius 3 is 3.09 bits per heavy atom. The third-order valence-electron chi connectivity index (χ3n) is 3.75. The Hall–Kier alpha value is -2.70. The van der Waals surface area contributed by atoms with Crippen LogP contribution in [0.5, 0.6) is 0 Å². The molecule has 114 valence electrons. The van der Waals surface area contributed by atoms with E-state index in [0.29, 0.717) is 5.57 Å². The normalized spacial score (nSPS) is 15.0. The zero-order valence-electron chi connectivity index (χ0n) is 12.0. The Balaban J connectivity index is 1.75. The highest BCUT2D eigenvalue weighted by molar-refractivity contribution is 7.17. The minimum Gasteiger partial charge on any atom is -0.392 e. The monoisotopic (exact) mass is 323 g/mol. The Kier molecular flexibility index (Phi) is 3.33. The molecule has 23 heavy (non-hydrogen) atoms. The summed E-state index contributed by atoms with van der Waals surface area (Å²) in [5.41, 5.74) is 6.59. The largest absolute Gasteiger partial charge is 0.392 e. The number of anilines is 2. The summed E-state index contributed by atoms with van der Waals surface area (Å²) >= 11 is 1.52. The maximum absolute atomic E-state index is 12.3.